The molecule has 142 valence electrons. The van der Waals surface area contributed by atoms with Gasteiger partial charge in [0.05, 0.1) is 16.8 Å². The van der Waals surface area contributed by atoms with E-state index in [1.807, 2.05) is 45.9 Å². The van der Waals surface area contributed by atoms with Crippen LogP contribution in [0.15, 0.2) is 48.5 Å². The molecule has 0 spiro atoms. The molecular weight excluding hydrogens is 352 g/mol. The number of benzene rings is 2. The molecule has 1 fully saturated rings. The van der Waals surface area contributed by atoms with Crippen LogP contribution in [-0.4, -0.2) is 21.6 Å². The number of amides is 1. The average molecular weight is 374 g/mol. The van der Waals surface area contributed by atoms with Gasteiger partial charge in [0.25, 0.3) is 5.91 Å². The fourth-order valence-electron chi connectivity index (χ4n) is 4.86. The van der Waals surface area contributed by atoms with Gasteiger partial charge < -0.3 is 9.67 Å². The van der Waals surface area contributed by atoms with E-state index in [-0.39, 0.29) is 18.0 Å². The maximum atomic E-state index is 13.0. The van der Waals surface area contributed by atoms with Gasteiger partial charge in [-0.05, 0) is 43.0 Å². The van der Waals surface area contributed by atoms with Crippen molar-refractivity contribution in [3.63, 3.8) is 0 Å². The lowest BCUT2D eigenvalue weighted by molar-refractivity contribution is -0.117. The van der Waals surface area contributed by atoms with Crippen LogP contribution in [0.1, 0.15) is 53.9 Å². The SMILES string of the molecule is O=C(O)c1ccc2c(C3CCCCC3)c3n(c2c1)CC(=O)N3c1ccccc1. The van der Waals surface area contributed by atoms with Crippen LogP contribution in [0.4, 0.5) is 11.5 Å². The van der Waals surface area contributed by atoms with E-state index in [1.54, 1.807) is 12.1 Å². The molecule has 1 saturated carbocycles. The Bertz CT molecular complexity index is 1080. The second kappa shape index (κ2) is 6.51. The summed E-state index contributed by atoms with van der Waals surface area (Å²) in [5.74, 6) is 0.419. The van der Waals surface area contributed by atoms with Gasteiger partial charge in [-0.15, -0.1) is 0 Å². The number of aromatic nitrogens is 1. The quantitative estimate of drug-likeness (QED) is 0.696. The number of hydrogen-bond acceptors (Lipinski definition) is 2. The highest BCUT2D eigenvalue weighted by molar-refractivity contribution is 6.09. The van der Waals surface area contributed by atoms with Crippen LogP contribution in [0.25, 0.3) is 10.9 Å². The molecule has 0 saturated heterocycles. The molecule has 0 unspecified atom stereocenters. The van der Waals surface area contributed by atoms with Crippen molar-refractivity contribution in [1.29, 1.82) is 0 Å². The molecule has 0 bridgehead atoms. The molecule has 1 aliphatic heterocycles. The lowest BCUT2D eigenvalue weighted by atomic mass is 9.83. The molecule has 2 aromatic carbocycles. The van der Waals surface area contributed by atoms with Crippen LogP contribution >= 0.6 is 0 Å². The van der Waals surface area contributed by atoms with Crippen LogP contribution in [-0.2, 0) is 11.3 Å². The molecule has 1 N–H and O–H groups in total. The van der Waals surface area contributed by atoms with Crippen molar-refractivity contribution in [3.05, 3.63) is 59.7 Å². The number of carbonyl (C=O) groups excluding carboxylic acids is 1. The van der Waals surface area contributed by atoms with Crippen LogP contribution in [0.5, 0.6) is 0 Å². The molecule has 2 heterocycles. The van der Waals surface area contributed by atoms with E-state index >= 15 is 0 Å². The first kappa shape index (κ1) is 17.0. The largest absolute Gasteiger partial charge is 0.478 e. The van der Waals surface area contributed by atoms with Crippen molar-refractivity contribution in [2.45, 2.75) is 44.6 Å². The predicted octanol–water partition coefficient (Wildman–Crippen LogP) is 5.07. The third-order valence-corrected chi connectivity index (χ3v) is 6.10. The fourth-order valence-corrected chi connectivity index (χ4v) is 4.86. The third kappa shape index (κ3) is 2.53. The number of carboxylic acids is 1. The van der Waals surface area contributed by atoms with Gasteiger partial charge in [-0.25, -0.2) is 4.79 Å². The van der Waals surface area contributed by atoms with Crippen LogP contribution in [0.2, 0.25) is 0 Å². The van der Waals surface area contributed by atoms with Crippen molar-refractivity contribution in [2.75, 3.05) is 4.90 Å². The molecule has 5 rings (SSSR count). The van der Waals surface area contributed by atoms with E-state index < -0.39 is 5.97 Å². The number of carboxylic acid groups (broad SMARTS) is 1. The number of nitrogens with zero attached hydrogens (tertiary/aromatic N) is 2. The summed E-state index contributed by atoms with van der Waals surface area (Å²) in [6.45, 7) is 0.247. The van der Waals surface area contributed by atoms with Gasteiger partial charge in [-0.2, -0.15) is 0 Å². The number of carbonyl (C=O) groups is 2. The number of para-hydroxylation sites is 1. The Labute approximate surface area is 163 Å². The minimum Gasteiger partial charge on any atom is -0.478 e. The van der Waals surface area contributed by atoms with Gasteiger partial charge >= 0.3 is 5.97 Å². The second-order valence-corrected chi connectivity index (χ2v) is 7.76. The summed E-state index contributed by atoms with van der Waals surface area (Å²) >= 11 is 0. The molecule has 28 heavy (non-hydrogen) atoms. The van der Waals surface area contributed by atoms with Gasteiger partial charge in [-0.1, -0.05) is 43.5 Å². The molecule has 3 aromatic rings. The third-order valence-electron chi connectivity index (χ3n) is 6.10. The highest BCUT2D eigenvalue weighted by Gasteiger charge is 2.37. The topological polar surface area (TPSA) is 62.5 Å². The Morgan fingerprint density at radius 2 is 1.75 bits per heavy atom. The lowest BCUT2D eigenvalue weighted by Gasteiger charge is -2.25. The minimum atomic E-state index is -0.944. The Hall–Kier alpha value is -3.08. The predicted molar refractivity (Wildman–Crippen MR) is 108 cm³/mol. The zero-order valence-electron chi connectivity index (χ0n) is 15.6. The first-order valence-corrected chi connectivity index (χ1v) is 9.92. The monoisotopic (exact) mass is 374 g/mol. The van der Waals surface area contributed by atoms with Crippen molar-refractivity contribution >= 4 is 34.3 Å². The number of hydrogen-bond donors (Lipinski definition) is 1. The molecule has 1 aromatic heterocycles. The summed E-state index contributed by atoms with van der Waals surface area (Å²) in [6.07, 6.45) is 5.88. The van der Waals surface area contributed by atoms with Gasteiger partial charge in [-0.3, -0.25) is 9.69 Å². The molecule has 0 atom stereocenters. The molecule has 2 aliphatic rings. The fraction of sp³-hybridized carbons (Fsp3) is 0.304. The molecule has 5 nitrogen and oxygen atoms in total. The zero-order chi connectivity index (χ0) is 19.3. The summed E-state index contributed by atoms with van der Waals surface area (Å²) in [5, 5.41) is 10.5. The van der Waals surface area contributed by atoms with E-state index in [0.29, 0.717) is 5.92 Å². The first-order chi connectivity index (χ1) is 13.6. The normalized spacial score (nSPS) is 17.3. The highest BCUT2D eigenvalue weighted by atomic mass is 16.4. The van der Waals surface area contributed by atoms with Gasteiger partial charge in [0.15, 0.2) is 0 Å². The van der Waals surface area contributed by atoms with Crippen LogP contribution < -0.4 is 4.90 Å². The Balaban J connectivity index is 1.78. The summed E-state index contributed by atoms with van der Waals surface area (Å²) < 4.78 is 2.01. The number of fused-ring (bicyclic) bond motifs is 3. The highest BCUT2D eigenvalue weighted by Crippen LogP contribution is 2.47. The molecule has 0 radical (unpaired) electrons. The van der Waals surface area contributed by atoms with E-state index in [9.17, 15) is 14.7 Å². The van der Waals surface area contributed by atoms with Crippen molar-refractivity contribution in [3.8, 4) is 0 Å². The van der Waals surface area contributed by atoms with Crippen molar-refractivity contribution in [2.24, 2.45) is 0 Å². The van der Waals surface area contributed by atoms with Crippen molar-refractivity contribution in [1.82, 2.24) is 4.57 Å². The summed E-state index contributed by atoms with van der Waals surface area (Å²) in [7, 11) is 0. The smallest absolute Gasteiger partial charge is 0.335 e. The van der Waals surface area contributed by atoms with Crippen LogP contribution in [0.3, 0.4) is 0 Å². The number of anilines is 2. The van der Waals surface area contributed by atoms with E-state index in [1.165, 1.54) is 24.8 Å². The standard InChI is InChI=1S/C23H22N2O3/c26-20-14-24-19-13-16(23(27)28)11-12-18(19)21(15-7-3-1-4-8-15)22(24)25(20)17-9-5-2-6-10-17/h2,5-6,9-13,15H,1,3-4,7-8,14H2,(H,27,28). The molecular formula is C23H22N2O3. The number of rotatable bonds is 3. The Morgan fingerprint density at radius 1 is 1.00 bits per heavy atom. The minimum absolute atomic E-state index is 0.0286. The molecule has 1 aliphatic carbocycles. The van der Waals surface area contributed by atoms with Gasteiger partial charge in [0.1, 0.15) is 12.4 Å². The van der Waals surface area contributed by atoms with E-state index in [2.05, 4.69) is 0 Å². The van der Waals surface area contributed by atoms with Gasteiger partial charge in [0.2, 0.25) is 0 Å². The zero-order valence-corrected chi connectivity index (χ0v) is 15.6. The first-order valence-electron chi connectivity index (χ1n) is 9.92. The van der Waals surface area contributed by atoms with E-state index in [4.69, 9.17) is 0 Å². The van der Waals surface area contributed by atoms with E-state index in [0.717, 1.165) is 35.2 Å². The average Bonchev–Trinajstić information content (AvgIpc) is 3.21. The molecule has 1 amide bonds. The summed E-state index contributed by atoms with van der Waals surface area (Å²) in [4.78, 5) is 26.3. The summed E-state index contributed by atoms with van der Waals surface area (Å²) in [5.41, 5.74) is 3.18. The van der Waals surface area contributed by atoms with Crippen LogP contribution in [0, 0.1) is 0 Å². The van der Waals surface area contributed by atoms with Crippen molar-refractivity contribution < 1.29 is 14.7 Å². The Kier molecular flexibility index (Phi) is 3.97. The second-order valence-electron chi connectivity index (χ2n) is 7.76. The number of aromatic carboxylic acids is 1. The van der Waals surface area contributed by atoms with Gasteiger partial charge in [0, 0.05) is 10.9 Å². The molecule has 5 heteroatoms. The maximum Gasteiger partial charge on any atom is 0.335 e. The Morgan fingerprint density at radius 3 is 2.46 bits per heavy atom. The lowest BCUT2D eigenvalue weighted by Crippen LogP contribution is -2.22. The maximum absolute atomic E-state index is 13.0. The summed E-state index contributed by atoms with van der Waals surface area (Å²) in [6, 6.07) is 15.1.